The van der Waals surface area contributed by atoms with Gasteiger partial charge in [-0.1, -0.05) is 133 Å². The predicted molar refractivity (Wildman–Crippen MR) is 174 cm³/mol. The number of furan rings is 1. The van der Waals surface area contributed by atoms with Gasteiger partial charge in [0, 0.05) is 27.8 Å². The largest absolute Gasteiger partial charge is 0.456 e. The van der Waals surface area contributed by atoms with E-state index in [1.54, 1.807) is 0 Å². The van der Waals surface area contributed by atoms with E-state index >= 15 is 0 Å². The number of hydrogen-bond donors (Lipinski definition) is 0. The van der Waals surface area contributed by atoms with E-state index in [0.717, 1.165) is 56.4 Å². The molecule has 1 aliphatic carbocycles. The summed E-state index contributed by atoms with van der Waals surface area (Å²) in [6.07, 6.45) is 7.51. The van der Waals surface area contributed by atoms with Crippen LogP contribution in [0.3, 0.4) is 0 Å². The van der Waals surface area contributed by atoms with Gasteiger partial charge in [-0.25, -0.2) is 15.0 Å². The van der Waals surface area contributed by atoms with Crippen molar-refractivity contribution in [1.29, 1.82) is 0 Å². The van der Waals surface area contributed by atoms with Crippen LogP contribution in [0.15, 0.2) is 150 Å². The molecule has 1 unspecified atom stereocenters. The molecule has 4 heteroatoms. The monoisotopic (exact) mass is 553 g/mol. The van der Waals surface area contributed by atoms with Crippen molar-refractivity contribution in [2.45, 2.75) is 12.3 Å². The maximum Gasteiger partial charge on any atom is 0.163 e. The number of nitrogens with zero attached hydrogens (tertiary/aromatic N) is 3. The van der Waals surface area contributed by atoms with E-state index in [-0.39, 0.29) is 5.92 Å². The van der Waals surface area contributed by atoms with Crippen LogP contribution in [0.5, 0.6) is 0 Å². The number of para-hydroxylation sites is 1. The molecule has 204 valence electrons. The number of rotatable bonds is 5. The van der Waals surface area contributed by atoms with Crippen molar-refractivity contribution in [3.63, 3.8) is 0 Å². The number of benzene rings is 5. The summed E-state index contributed by atoms with van der Waals surface area (Å²) in [4.78, 5) is 14.9. The zero-order valence-electron chi connectivity index (χ0n) is 23.4. The third-order valence-corrected chi connectivity index (χ3v) is 8.08. The van der Waals surface area contributed by atoms with Gasteiger partial charge in [0.05, 0.1) is 0 Å². The van der Waals surface area contributed by atoms with Crippen LogP contribution in [0.25, 0.3) is 61.4 Å². The standard InChI is InChI=1S/C39H27N3O/c1-3-10-26(11-4-1)27-18-22-30(23-19-27)38-40-37(29-12-5-2-6-13-29)41-39(42-38)31-24-20-28(21-25-31)32-15-9-17-35-36(32)33-14-7-8-16-34(33)43-35/h1-22,24-25,30H,23H2. The van der Waals surface area contributed by atoms with Crippen LogP contribution in [-0.2, 0) is 0 Å². The lowest BCUT2D eigenvalue weighted by Crippen LogP contribution is -2.08. The third-order valence-electron chi connectivity index (χ3n) is 8.08. The highest BCUT2D eigenvalue weighted by molar-refractivity contribution is 6.12. The van der Waals surface area contributed by atoms with Crippen LogP contribution >= 0.6 is 0 Å². The molecule has 0 radical (unpaired) electrons. The zero-order chi connectivity index (χ0) is 28.6. The van der Waals surface area contributed by atoms with Crippen molar-refractivity contribution in [1.82, 2.24) is 15.0 Å². The van der Waals surface area contributed by atoms with Crippen molar-refractivity contribution in [3.05, 3.63) is 157 Å². The van der Waals surface area contributed by atoms with E-state index in [1.165, 1.54) is 11.1 Å². The summed E-state index contributed by atoms with van der Waals surface area (Å²) in [6, 6.07) is 43.5. The molecule has 0 spiro atoms. The lowest BCUT2D eigenvalue weighted by Gasteiger charge is -2.17. The average molecular weight is 554 g/mol. The minimum Gasteiger partial charge on any atom is -0.456 e. The van der Waals surface area contributed by atoms with Gasteiger partial charge in [0.15, 0.2) is 11.6 Å². The van der Waals surface area contributed by atoms with Gasteiger partial charge >= 0.3 is 0 Å². The molecule has 8 rings (SSSR count). The summed E-state index contributed by atoms with van der Waals surface area (Å²) in [5.41, 5.74) is 8.42. The van der Waals surface area contributed by atoms with Crippen molar-refractivity contribution in [2.24, 2.45) is 0 Å². The maximum absolute atomic E-state index is 6.13. The molecule has 0 N–H and O–H groups in total. The molecule has 0 fully saturated rings. The number of allylic oxidation sites excluding steroid dienone is 4. The molecule has 2 heterocycles. The second-order valence-electron chi connectivity index (χ2n) is 10.8. The molecule has 0 saturated heterocycles. The molecule has 0 bridgehead atoms. The topological polar surface area (TPSA) is 51.8 Å². The third kappa shape index (κ3) is 4.73. The quantitative estimate of drug-likeness (QED) is 0.213. The fourth-order valence-electron chi connectivity index (χ4n) is 5.87. The Labute approximate surface area is 249 Å². The highest BCUT2D eigenvalue weighted by Crippen LogP contribution is 2.37. The normalized spacial score (nSPS) is 14.7. The van der Waals surface area contributed by atoms with Crippen molar-refractivity contribution in [3.8, 4) is 33.9 Å². The smallest absolute Gasteiger partial charge is 0.163 e. The van der Waals surface area contributed by atoms with Crippen molar-refractivity contribution >= 4 is 27.5 Å². The first-order valence-electron chi connectivity index (χ1n) is 14.6. The van der Waals surface area contributed by atoms with Gasteiger partial charge in [-0.2, -0.15) is 0 Å². The molecule has 2 aromatic heterocycles. The Morgan fingerprint density at radius 2 is 1.16 bits per heavy atom. The molecule has 0 aliphatic heterocycles. The average Bonchev–Trinajstić information content (AvgIpc) is 3.48. The highest BCUT2D eigenvalue weighted by atomic mass is 16.3. The first kappa shape index (κ1) is 25.1. The van der Waals surface area contributed by atoms with E-state index in [0.29, 0.717) is 11.6 Å². The maximum atomic E-state index is 6.13. The molecule has 0 saturated carbocycles. The summed E-state index contributed by atoms with van der Waals surface area (Å²) in [7, 11) is 0. The molecular formula is C39H27N3O. The zero-order valence-corrected chi connectivity index (χ0v) is 23.4. The fourth-order valence-corrected chi connectivity index (χ4v) is 5.87. The minimum absolute atomic E-state index is 0.0722. The fraction of sp³-hybridized carbons (Fsp3) is 0.0513. The van der Waals surface area contributed by atoms with Crippen LogP contribution < -0.4 is 0 Å². The SMILES string of the molecule is C1=CC(c2nc(-c3ccccc3)nc(-c3ccc(-c4cccc5oc6ccccc6c45)cc3)n2)CC=C1c1ccccc1. The number of hydrogen-bond acceptors (Lipinski definition) is 4. The summed E-state index contributed by atoms with van der Waals surface area (Å²) in [6.45, 7) is 0. The minimum atomic E-state index is 0.0722. The summed E-state index contributed by atoms with van der Waals surface area (Å²) in [5.74, 6) is 2.21. The van der Waals surface area contributed by atoms with E-state index in [4.69, 9.17) is 19.4 Å². The Bertz CT molecular complexity index is 2140. The van der Waals surface area contributed by atoms with Crippen LogP contribution in [0, 0.1) is 0 Å². The molecule has 0 amide bonds. The van der Waals surface area contributed by atoms with Gasteiger partial charge in [0.25, 0.3) is 0 Å². The second kappa shape index (κ2) is 10.7. The summed E-state index contributed by atoms with van der Waals surface area (Å²) in [5, 5.41) is 2.25. The number of fused-ring (bicyclic) bond motifs is 3. The Morgan fingerprint density at radius 3 is 1.88 bits per heavy atom. The lowest BCUT2D eigenvalue weighted by atomic mass is 9.92. The van der Waals surface area contributed by atoms with Crippen molar-refractivity contribution < 1.29 is 4.42 Å². The number of aromatic nitrogens is 3. The van der Waals surface area contributed by atoms with E-state index in [1.807, 2.05) is 60.7 Å². The van der Waals surface area contributed by atoms with Crippen LogP contribution in [0.2, 0.25) is 0 Å². The van der Waals surface area contributed by atoms with E-state index < -0.39 is 0 Å². The first-order valence-corrected chi connectivity index (χ1v) is 14.6. The molecule has 1 atom stereocenters. The van der Waals surface area contributed by atoms with Crippen LogP contribution in [0.1, 0.15) is 23.7 Å². The Kier molecular flexibility index (Phi) is 6.23. The molecule has 5 aromatic carbocycles. The van der Waals surface area contributed by atoms with Gasteiger partial charge in [-0.3, -0.25) is 0 Å². The predicted octanol–water partition coefficient (Wildman–Crippen LogP) is 9.90. The Morgan fingerprint density at radius 1 is 0.535 bits per heavy atom. The second-order valence-corrected chi connectivity index (χ2v) is 10.8. The lowest BCUT2D eigenvalue weighted by molar-refractivity contribution is 0.669. The molecule has 7 aromatic rings. The summed E-state index contributed by atoms with van der Waals surface area (Å²) >= 11 is 0. The highest BCUT2D eigenvalue weighted by Gasteiger charge is 2.19. The molecule has 4 nitrogen and oxygen atoms in total. The first-order chi connectivity index (χ1) is 21.3. The van der Waals surface area contributed by atoms with Crippen LogP contribution in [-0.4, -0.2) is 15.0 Å². The molecular weight excluding hydrogens is 526 g/mol. The van der Waals surface area contributed by atoms with Gasteiger partial charge in [0.2, 0.25) is 0 Å². The van der Waals surface area contributed by atoms with E-state index in [2.05, 4.69) is 85.0 Å². The van der Waals surface area contributed by atoms with Crippen LogP contribution in [0.4, 0.5) is 0 Å². The van der Waals surface area contributed by atoms with Gasteiger partial charge in [-0.05, 0) is 40.8 Å². The molecule has 43 heavy (non-hydrogen) atoms. The van der Waals surface area contributed by atoms with Gasteiger partial charge in [-0.15, -0.1) is 0 Å². The molecule has 1 aliphatic rings. The van der Waals surface area contributed by atoms with E-state index in [9.17, 15) is 0 Å². The Balaban J connectivity index is 1.17. The van der Waals surface area contributed by atoms with Gasteiger partial charge < -0.3 is 4.42 Å². The summed E-state index contributed by atoms with van der Waals surface area (Å²) < 4.78 is 6.13. The van der Waals surface area contributed by atoms with Crippen molar-refractivity contribution in [2.75, 3.05) is 0 Å². The Hall–Kier alpha value is -5.61. The van der Waals surface area contributed by atoms with Gasteiger partial charge in [0.1, 0.15) is 17.0 Å².